The molecule has 2 heterocycles. The summed E-state index contributed by atoms with van der Waals surface area (Å²) in [6, 6.07) is 12.8. The van der Waals surface area contributed by atoms with E-state index < -0.39 is 0 Å². The molecule has 6 nitrogen and oxygen atoms in total. The lowest BCUT2D eigenvalue weighted by Crippen LogP contribution is -2.36. The van der Waals surface area contributed by atoms with Crippen LogP contribution in [0.2, 0.25) is 0 Å². The van der Waals surface area contributed by atoms with Gasteiger partial charge in [0.2, 0.25) is 5.91 Å². The number of amides is 1. The first-order chi connectivity index (χ1) is 14.6. The number of aromatic nitrogens is 2. The summed E-state index contributed by atoms with van der Waals surface area (Å²) in [6.07, 6.45) is 3.59. The Morgan fingerprint density at radius 3 is 2.77 bits per heavy atom. The molecule has 0 saturated carbocycles. The maximum absolute atomic E-state index is 14.5. The van der Waals surface area contributed by atoms with Gasteiger partial charge < -0.3 is 15.0 Å². The topological polar surface area (TPSA) is 59.4 Å². The zero-order valence-electron chi connectivity index (χ0n) is 16.7. The lowest BCUT2D eigenvalue weighted by Gasteiger charge is -2.29. The van der Waals surface area contributed by atoms with E-state index in [1.54, 1.807) is 18.3 Å². The molecule has 0 radical (unpaired) electrons. The van der Waals surface area contributed by atoms with Crippen LogP contribution in [0.5, 0.6) is 0 Å². The largest absolute Gasteiger partial charge is 0.378 e. The summed E-state index contributed by atoms with van der Waals surface area (Å²) in [7, 11) is 0. The van der Waals surface area contributed by atoms with Gasteiger partial charge in [-0.15, -0.1) is 0 Å². The predicted molar refractivity (Wildman–Crippen MR) is 117 cm³/mol. The molecule has 8 heteroatoms. The minimum absolute atomic E-state index is 0.176. The molecule has 1 N–H and O–H groups in total. The first-order valence-corrected chi connectivity index (χ1v) is 10.7. The average Bonchev–Trinajstić information content (AvgIpc) is 3.22. The highest BCUT2D eigenvalue weighted by molar-refractivity contribution is 7.99. The van der Waals surface area contributed by atoms with Crippen LogP contribution in [0, 0.1) is 12.7 Å². The summed E-state index contributed by atoms with van der Waals surface area (Å²) in [5.74, 6) is -0.384. The summed E-state index contributed by atoms with van der Waals surface area (Å²) < 4.78 is 21.8. The first-order valence-electron chi connectivity index (χ1n) is 9.76. The number of rotatable bonds is 6. The number of halogens is 1. The van der Waals surface area contributed by atoms with E-state index in [2.05, 4.69) is 10.3 Å². The van der Waals surface area contributed by atoms with Crippen molar-refractivity contribution >= 4 is 29.0 Å². The molecule has 1 fully saturated rings. The van der Waals surface area contributed by atoms with Gasteiger partial charge in [-0.25, -0.2) is 9.37 Å². The van der Waals surface area contributed by atoms with Crippen molar-refractivity contribution in [3.05, 3.63) is 66.2 Å². The molecule has 1 aliphatic rings. The Hall–Kier alpha value is -2.84. The summed E-state index contributed by atoms with van der Waals surface area (Å²) in [4.78, 5) is 18.7. The zero-order chi connectivity index (χ0) is 20.9. The number of nitrogens with one attached hydrogen (secondary N) is 1. The number of carbonyl (C=O) groups excluding carboxylic acids is 1. The van der Waals surface area contributed by atoms with Crippen LogP contribution in [0.3, 0.4) is 0 Å². The molecule has 1 amide bonds. The monoisotopic (exact) mass is 426 g/mol. The molecular formula is C22H23FN4O2S. The zero-order valence-corrected chi connectivity index (χ0v) is 17.5. The molecule has 3 aromatic rings. The highest BCUT2D eigenvalue weighted by atomic mass is 32.2. The van der Waals surface area contributed by atoms with E-state index in [-0.39, 0.29) is 17.5 Å². The smallest absolute Gasteiger partial charge is 0.234 e. The minimum Gasteiger partial charge on any atom is -0.378 e. The number of benzene rings is 2. The maximum Gasteiger partial charge on any atom is 0.234 e. The average molecular weight is 427 g/mol. The predicted octanol–water partition coefficient (Wildman–Crippen LogP) is 3.89. The SMILES string of the molecule is Cc1ccccc1-n1ccnc1SCC(=O)Nc1ccc(N2CCOCC2)c(F)c1. The third kappa shape index (κ3) is 4.66. The summed E-state index contributed by atoms with van der Waals surface area (Å²) in [6.45, 7) is 4.53. The molecular weight excluding hydrogens is 403 g/mol. The molecule has 2 aromatic carbocycles. The summed E-state index contributed by atoms with van der Waals surface area (Å²) in [5.41, 5.74) is 3.12. The molecule has 1 aromatic heterocycles. The molecule has 1 aliphatic heterocycles. The van der Waals surface area contributed by atoms with Crippen LogP contribution in [-0.4, -0.2) is 47.5 Å². The van der Waals surface area contributed by atoms with Crippen LogP contribution >= 0.6 is 11.8 Å². The van der Waals surface area contributed by atoms with Gasteiger partial charge in [0.05, 0.1) is 30.3 Å². The van der Waals surface area contributed by atoms with Crippen molar-refractivity contribution < 1.29 is 13.9 Å². The van der Waals surface area contributed by atoms with Gasteiger partial charge in [0.15, 0.2) is 5.16 Å². The van der Waals surface area contributed by atoms with E-state index in [0.717, 1.165) is 16.4 Å². The molecule has 0 aliphatic carbocycles. The van der Waals surface area contributed by atoms with Crippen molar-refractivity contribution in [2.24, 2.45) is 0 Å². The Morgan fingerprint density at radius 1 is 1.20 bits per heavy atom. The van der Waals surface area contributed by atoms with Gasteiger partial charge in [-0.2, -0.15) is 0 Å². The van der Waals surface area contributed by atoms with Gasteiger partial charge in [-0.3, -0.25) is 9.36 Å². The second kappa shape index (κ2) is 9.32. The van der Waals surface area contributed by atoms with Crippen molar-refractivity contribution in [2.45, 2.75) is 12.1 Å². The Bertz CT molecular complexity index is 1030. The summed E-state index contributed by atoms with van der Waals surface area (Å²) >= 11 is 1.34. The Morgan fingerprint density at radius 2 is 2.00 bits per heavy atom. The number of para-hydroxylation sites is 1. The molecule has 0 spiro atoms. The molecule has 0 bridgehead atoms. The number of ether oxygens (including phenoxy) is 1. The van der Waals surface area contributed by atoms with Crippen LogP contribution in [0.4, 0.5) is 15.8 Å². The lowest BCUT2D eigenvalue weighted by atomic mass is 10.2. The lowest BCUT2D eigenvalue weighted by molar-refractivity contribution is -0.113. The molecule has 156 valence electrons. The fraction of sp³-hybridized carbons (Fsp3) is 0.273. The van der Waals surface area contributed by atoms with E-state index in [9.17, 15) is 9.18 Å². The van der Waals surface area contributed by atoms with Crippen LogP contribution in [0.15, 0.2) is 60.0 Å². The summed E-state index contributed by atoms with van der Waals surface area (Å²) in [5, 5.41) is 3.50. The van der Waals surface area contributed by atoms with Crippen molar-refractivity contribution in [1.82, 2.24) is 9.55 Å². The Balaban J connectivity index is 1.37. The second-order valence-corrected chi connectivity index (χ2v) is 7.91. The Kier molecular flexibility index (Phi) is 6.35. The number of hydrogen-bond donors (Lipinski definition) is 1. The third-order valence-corrected chi connectivity index (χ3v) is 5.86. The molecule has 0 atom stereocenters. The molecule has 4 rings (SSSR count). The molecule has 1 saturated heterocycles. The van der Waals surface area contributed by atoms with Gasteiger partial charge in [0.25, 0.3) is 0 Å². The Labute approximate surface area is 179 Å². The van der Waals surface area contributed by atoms with Crippen LogP contribution < -0.4 is 10.2 Å². The van der Waals surface area contributed by atoms with E-state index in [4.69, 9.17) is 4.74 Å². The van der Waals surface area contributed by atoms with E-state index in [1.165, 1.54) is 17.8 Å². The highest BCUT2D eigenvalue weighted by Gasteiger charge is 2.16. The van der Waals surface area contributed by atoms with Crippen LogP contribution in [-0.2, 0) is 9.53 Å². The minimum atomic E-state index is -0.350. The van der Waals surface area contributed by atoms with Crippen LogP contribution in [0.25, 0.3) is 5.69 Å². The van der Waals surface area contributed by atoms with Crippen LogP contribution in [0.1, 0.15) is 5.56 Å². The number of carbonyl (C=O) groups is 1. The van der Waals surface area contributed by atoms with Crippen molar-refractivity contribution in [3.8, 4) is 5.69 Å². The van der Waals surface area contributed by atoms with Gasteiger partial charge >= 0.3 is 0 Å². The maximum atomic E-state index is 14.5. The molecule has 0 unspecified atom stereocenters. The number of aryl methyl sites for hydroxylation is 1. The quantitative estimate of drug-likeness (QED) is 0.606. The fourth-order valence-electron chi connectivity index (χ4n) is 3.39. The highest BCUT2D eigenvalue weighted by Crippen LogP contribution is 2.25. The molecule has 30 heavy (non-hydrogen) atoms. The number of morpholine rings is 1. The van der Waals surface area contributed by atoms with Crippen molar-refractivity contribution in [3.63, 3.8) is 0 Å². The number of thioether (sulfide) groups is 1. The van der Waals surface area contributed by atoms with Gasteiger partial charge in [0, 0.05) is 31.2 Å². The van der Waals surface area contributed by atoms with E-state index >= 15 is 0 Å². The standard InChI is InChI=1S/C22H23FN4O2S/c1-16-4-2-3-5-19(16)27-9-8-24-22(27)30-15-21(28)25-17-6-7-20(18(23)14-17)26-10-12-29-13-11-26/h2-9,14H,10-13,15H2,1H3,(H,25,28). The third-order valence-electron chi connectivity index (χ3n) is 4.90. The number of imidazole rings is 1. The van der Waals surface area contributed by atoms with E-state index in [1.807, 2.05) is 46.9 Å². The number of nitrogens with zero attached hydrogens (tertiary/aromatic N) is 3. The normalized spacial score (nSPS) is 14.0. The first kappa shape index (κ1) is 20.4. The van der Waals surface area contributed by atoms with Gasteiger partial charge in [-0.1, -0.05) is 30.0 Å². The number of anilines is 2. The van der Waals surface area contributed by atoms with E-state index in [0.29, 0.717) is 37.7 Å². The fourth-order valence-corrected chi connectivity index (χ4v) is 4.15. The van der Waals surface area contributed by atoms with Crippen molar-refractivity contribution in [1.29, 1.82) is 0 Å². The van der Waals surface area contributed by atoms with Gasteiger partial charge in [0.1, 0.15) is 5.82 Å². The van der Waals surface area contributed by atoms with Gasteiger partial charge in [-0.05, 0) is 36.8 Å². The number of hydrogen-bond acceptors (Lipinski definition) is 5. The second-order valence-electron chi connectivity index (χ2n) is 6.97. The van der Waals surface area contributed by atoms with Crippen molar-refractivity contribution in [2.75, 3.05) is 42.3 Å².